The SMILES string of the molecule is CCCCC(CC)CNc1cc(C(F)(F)F)cc(N)n1. The van der Waals surface area contributed by atoms with Crippen LogP contribution >= 0.6 is 0 Å². The zero-order valence-corrected chi connectivity index (χ0v) is 11.9. The Labute approximate surface area is 117 Å². The van der Waals surface area contributed by atoms with Crippen LogP contribution in [0.4, 0.5) is 24.8 Å². The van der Waals surface area contributed by atoms with Gasteiger partial charge in [0.1, 0.15) is 11.6 Å². The van der Waals surface area contributed by atoms with Crippen molar-refractivity contribution in [2.45, 2.75) is 45.7 Å². The molecular weight excluding hydrogens is 267 g/mol. The molecule has 0 saturated heterocycles. The Morgan fingerprint density at radius 2 is 2.00 bits per heavy atom. The van der Waals surface area contributed by atoms with Crippen molar-refractivity contribution >= 4 is 11.6 Å². The molecule has 0 fully saturated rings. The summed E-state index contributed by atoms with van der Waals surface area (Å²) < 4.78 is 38.0. The standard InChI is InChI=1S/C14H22F3N3/c1-3-5-6-10(4-2)9-19-13-8-11(14(15,16)17)7-12(18)20-13/h7-8,10H,3-6,9H2,1-2H3,(H3,18,19,20). The molecule has 0 amide bonds. The third-order valence-corrected chi connectivity index (χ3v) is 3.29. The van der Waals surface area contributed by atoms with Crippen LogP contribution in [-0.4, -0.2) is 11.5 Å². The molecule has 1 unspecified atom stereocenters. The van der Waals surface area contributed by atoms with Crippen LogP contribution in [0.25, 0.3) is 0 Å². The van der Waals surface area contributed by atoms with Gasteiger partial charge in [0.15, 0.2) is 0 Å². The van der Waals surface area contributed by atoms with Crippen molar-refractivity contribution in [3.8, 4) is 0 Å². The zero-order chi connectivity index (χ0) is 15.2. The van der Waals surface area contributed by atoms with Crippen LogP contribution in [0.2, 0.25) is 0 Å². The molecule has 3 N–H and O–H groups in total. The van der Waals surface area contributed by atoms with Crippen LogP contribution in [0.15, 0.2) is 12.1 Å². The molecule has 114 valence electrons. The molecule has 0 aliphatic rings. The number of nitrogens with two attached hydrogens (primary N) is 1. The van der Waals surface area contributed by atoms with Crippen molar-refractivity contribution < 1.29 is 13.2 Å². The molecule has 1 aromatic rings. The molecule has 1 rings (SSSR count). The molecule has 0 saturated carbocycles. The average molecular weight is 289 g/mol. The minimum Gasteiger partial charge on any atom is -0.384 e. The Kier molecular flexibility index (Phi) is 6.10. The zero-order valence-electron chi connectivity index (χ0n) is 11.9. The fourth-order valence-corrected chi connectivity index (χ4v) is 2.00. The van der Waals surface area contributed by atoms with Gasteiger partial charge in [0.25, 0.3) is 0 Å². The highest BCUT2D eigenvalue weighted by atomic mass is 19.4. The van der Waals surface area contributed by atoms with Gasteiger partial charge >= 0.3 is 6.18 Å². The highest BCUT2D eigenvalue weighted by Gasteiger charge is 2.31. The van der Waals surface area contributed by atoms with Gasteiger partial charge in [-0.15, -0.1) is 0 Å². The summed E-state index contributed by atoms with van der Waals surface area (Å²) in [6.07, 6.45) is -0.112. The number of rotatable bonds is 7. The van der Waals surface area contributed by atoms with Crippen LogP contribution in [0.5, 0.6) is 0 Å². The van der Waals surface area contributed by atoms with Gasteiger partial charge < -0.3 is 11.1 Å². The fourth-order valence-electron chi connectivity index (χ4n) is 2.00. The Morgan fingerprint density at radius 1 is 1.30 bits per heavy atom. The first kappa shape index (κ1) is 16.6. The number of nitrogens with one attached hydrogen (secondary N) is 1. The summed E-state index contributed by atoms with van der Waals surface area (Å²) in [4.78, 5) is 3.90. The first-order valence-electron chi connectivity index (χ1n) is 6.95. The predicted molar refractivity (Wildman–Crippen MR) is 75.4 cm³/mol. The first-order valence-corrected chi connectivity index (χ1v) is 6.95. The van der Waals surface area contributed by atoms with Gasteiger partial charge in [-0.1, -0.05) is 33.1 Å². The number of halogens is 3. The quantitative estimate of drug-likeness (QED) is 0.786. The lowest BCUT2D eigenvalue weighted by Crippen LogP contribution is -2.16. The Balaban J connectivity index is 2.70. The van der Waals surface area contributed by atoms with Gasteiger partial charge in [-0.25, -0.2) is 4.98 Å². The van der Waals surface area contributed by atoms with E-state index in [1.807, 2.05) is 0 Å². The van der Waals surface area contributed by atoms with Crippen molar-refractivity contribution in [3.63, 3.8) is 0 Å². The molecule has 0 bridgehead atoms. The van der Waals surface area contributed by atoms with E-state index in [1.165, 1.54) is 0 Å². The number of alkyl halides is 3. The van der Waals surface area contributed by atoms with Crippen molar-refractivity contribution in [3.05, 3.63) is 17.7 Å². The molecule has 0 spiro atoms. The van der Waals surface area contributed by atoms with Gasteiger partial charge in [0, 0.05) is 6.54 Å². The maximum absolute atomic E-state index is 12.7. The smallest absolute Gasteiger partial charge is 0.384 e. The molecule has 0 aromatic carbocycles. The lowest BCUT2D eigenvalue weighted by atomic mass is 9.99. The van der Waals surface area contributed by atoms with Crippen LogP contribution in [0.1, 0.15) is 45.1 Å². The van der Waals surface area contributed by atoms with Crippen molar-refractivity contribution in [1.29, 1.82) is 0 Å². The Hall–Kier alpha value is -1.46. The van der Waals surface area contributed by atoms with Crippen LogP contribution in [0.3, 0.4) is 0 Å². The van der Waals surface area contributed by atoms with E-state index in [1.54, 1.807) is 0 Å². The molecular formula is C14H22F3N3. The number of unbranched alkanes of at least 4 members (excludes halogenated alkanes) is 1. The third kappa shape index (κ3) is 5.27. The van der Waals surface area contributed by atoms with Gasteiger partial charge in [-0.05, 0) is 24.5 Å². The molecule has 1 heterocycles. The molecule has 0 aliphatic carbocycles. The summed E-state index contributed by atoms with van der Waals surface area (Å²) >= 11 is 0. The molecule has 0 radical (unpaired) electrons. The van der Waals surface area contributed by atoms with Gasteiger partial charge in [0.2, 0.25) is 0 Å². The summed E-state index contributed by atoms with van der Waals surface area (Å²) in [5.41, 5.74) is 4.65. The number of pyridine rings is 1. The topological polar surface area (TPSA) is 50.9 Å². The van der Waals surface area contributed by atoms with E-state index in [0.29, 0.717) is 12.5 Å². The Morgan fingerprint density at radius 3 is 2.55 bits per heavy atom. The molecule has 6 heteroatoms. The van der Waals surface area contributed by atoms with E-state index in [-0.39, 0.29) is 11.6 Å². The summed E-state index contributed by atoms with van der Waals surface area (Å²) in [7, 11) is 0. The molecule has 1 aromatic heterocycles. The van der Waals surface area contributed by atoms with Gasteiger partial charge in [-0.3, -0.25) is 0 Å². The first-order chi connectivity index (χ1) is 9.36. The minimum atomic E-state index is -4.40. The number of nitrogen functional groups attached to an aromatic ring is 1. The number of hydrogen-bond donors (Lipinski definition) is 2. The second-order valence-electron chi connectivity index (χ2n) is 4.96. The summed E-state index contributed by atoms with van der Waals surface area (Å²) in [6, 6.07) is 1.85. The van der Waals surface area contributed by atoms with E-state index in [0.717, 1.165) is 37.8 Å². The van der Waals surface area contributed by atoms with Crippen LogP contribution in [-0.2, 0) is 6.18 Å². The Bertz CT molecular complexity index is 419. The van der Waals surface area contributed by atoms with Gasteiger partial charge in [0.05, 0.1) is 5.56 Å². The maximum atomic E-state index is 12.7. The van der Waals surface area contributed by atoms with E-state index >= 15 is 0 Å². The van der Waals surface area contributed by atoms with E-state index in [2.05, 4.69) is 24.1 Å². The lowest BCUT2D eigenvalue weighted by Gasteiger charge is -2.16. The number of aromatic nitrogens is 1. The maximum Gasteiger partial charge on any atom is 0.416 e. The summed E-state index contributed by atoms with van der Waals surface area (Å²) in [6.45, 7) is 4.81. The third-order valence-electron chi connectivity index (χ3n) is 3.29. The second kappa shape index (κ2) is 7.36. The highest BCUT2D eigenvalue weighted by molar-refractivity contribution is 5.47. The minimum absolute atomic E-state index is 0.121. The van der Waals surface area contributed by atoms with Crippen molar-refractivity contribution in [2.75, 3.05) is 17.6 Å². The summed E-state index contributed by atoms with van der Waals surface area (Å²) in [5.74, 6) is 0.503. The van der Waals surface area contributed by atoms with E-state index in [4.69, 9.17) is 5.73 Å². The lowest BCUT2D eigenvalue weighted by molar-refractivity contribution is -0.137. The van der Waals surface area contributed by atoms with Gasteiger partial charge in [-0.2, -0.15) is 13.2 Å². The van der Waals surface area contributed by atoms with E-state index in [9.17, 15) is 13.2 Å². The van der Waals surface area contributed by atoms with Crippen molar-refractivity contribution in [1.82, 2.24) is 4.98 Å². The fraction of sp³-hybridized carbons (Fsp3) is 0.643. The van der Waals surface area contributed by atoms with E-state index < -0.39 is 11.7 Å². The second-order valence-corrected chi connectivity index (χ2v) is 4.96. The molecule has 20 heavy (non-hydrogen) atoms. The molecule has 0 aliphatic heterocycles. The number of nitrogens with zero attached hydrogens (tertiary/aromatic N) is 1. The van der Waals surface area contributed by atoms with Crippen molar-refractivity contribution in [2.24, 2.45) is 5.92 Å². The normalized spacial score (nSPS) is 13.2. The van der Waals surface area contributed by atoms with Crippen LogP contribution in [0, 0.1) is 5.92 Å². The highest BCUT2D eigenvalue weighted by Crippen LogP contribution is 2.31. The largest absolute Gasteiger partial charge is 0.416 e. The molecule has 1 atom stereocenters. The predicted octanol–water partition coefficient (Wildman–Crippen LogP) is 4.31. The monoisotopic (exact) mass is 289 g/mol. The summed E-state index contributed by atoms with van der Waals surface area (Å²) in [5, 5.41) is 2.97. The average Bonchev–Trinajstić information content (AvgIpc) is 2.37. The number of hydrogen-bond acceptors (Lipinski definition) is 3. The van der Waals surface area contributed by atoms with Crippen LogP contribution < -0.4 is 11.1 Å². The number of anilines is 2. The molecule has 3 nitrogen and oxygen atoms in total.